The van der Waals surface area contributed by atoms with Crippen LogP contribution in [0, 0.1) is 0 Å². The standard InChI is InChI=1S/C14H13NO/c1-11(16)13-7-8-14(15-10-13)9-12-5-3-2-4-6-12/h2-8,10H,9H2,1H3. The second-order valence-electron chi connectivity index (χ2n) is 3.76. The molecule has 0 fully saturated rings. The van der Waals surface area contributed by atoms with Crippen molar-refractivity contribution in [2.45, 2.75) is 13.3 Å². The normalized spacial score (nSPS) is 10.1. The summed E-state index contributed by atoms with van der Waals surface area (Å²) >= 11 is 0. The van der Waals surface area contributed by atoms with Gasteiger partial charge in [-0.2, -0.15) is 0 Å². The molecule has 2 heteroatoms. The van der Waals surface area contributed by atoms with Gasteiger partial charge < -0.3 is 0 Å². The monoisotopic (exact) mass is 211 g/mol. The average molecular weight is 211 g/mol. The zero-order valence-electron chi connectivity index (χ0n) is 9.18. The minimum Gasteiger partial charge on any atom is -0.294 e. The molecule has 0 radical (unpaired) electrons. The molecule has 16 heavy (non-hydrogen) atoms. The highest BCUT2D eigenvalue weighted by molar-refractivity contribution is 5.93. The fraction of sp³-hybridized carbons (Fsp3) is 0.143. The molecule has 2 aromatic rings. The number of benzene rings is 1. The first kappa shape index (κ1) is 10.6. The van der Waals surface area contributed by atoms with Gasteiger partial charge in [-0.25, -0.2) is 0 Å². The number of carbonyl (C=O) groups excluding carboxylic acids is 1. The molecule has 0 saturated heterocycles. The van der Waals surface area contributed by atoms with Crippen molar-refractivity contribution < 1.29 is 4.79 Å². The van der Waals surface area contributed by atoms with Gasteiger partial charge in [-0.05, 0) is 24.6 Å². The predicted octanol–water partition coefficient (Wildman–Crippen LogP) is 2.88. The molecule has 0 bridgehead atoms. The molecule has 0 N–H and O–H groups in total. The average Bonchev–Trinajstić information content (AvgIpc) is 2.31. The van der Waals surface area contributed by atoms with Crippen LogP contribution < -0.4 is 0 Å². The van der Waals surface area contributed by atoms with Gasteiger partial charge in [0.15, 0.2) is 5.78 Å². The van der Waals surface area contributed by atoms with E-state index in [2.05, 4.69) is 17.1 Å². The number of hydrogen-bond donors (Lipinski definition) is 0. The van der Waals surface area contributed by atoms with Gasteiger partial charge in [0.1, 0.15) is 0 Å². The minimum absolute atomic E-state index is 0.0544. The van der Waals surface area contributed by atoms with Gasteiger partial charge >= 0.3 is 0 Å². The molecule has 2 rings (SSSR count). The molecule has 0 aliphatic rings. The highest BCUT2D eigenvalue weighted by Crippen LogP contribution is 2.08. The van der Waals surface area contributed by atoms with Crippen LogP contribution >= 0.6 is 0 Å². The van der Waals surface area contributed by atoms with Crippen molar-refractivity contribution in [1.29, 1.82) is 0 Å². The van der Waals surface area contributed by atoms with Crippen molar-refractivity contribution >= 4 is 5.78 Å². The number of nitrogens with zero attached hydrogens (tertiary/aromatic N) is 1. The number of hydrogen-bond acceptors (Lipinski definition) is 2. The molecule has 0 aliphatic heterocycles. The summed E-state index contributed by atoms with van der Waals surface area (Å²) in [5, 5.41) is 0. The predicted molar refractivity (Wildman–Crippen MR) is 63.5 cm³/mol. The molecule has 0 unspecified atom stereocenters. The third-order valence-electron chi connectivity index (χ3n) is 2.46. The van der Waals surface area contributed by atoms with Gasteiger partial charge in [0.2, 0.25) is 0 Å². The second-order valence-corrected chi connectivity index (χ2v) is 3.76. The summed E-state index contributed by atoms with van der Waals surface area (Å²) in [6.45, 7) is 1.55. The Labute approximate surface area is 95.0 Å². The fourth-order valence-electron chi connectivity index (χ4n) is 1.54. The van der Waals surface area contributed by atoms with E-state index in [-0.39, 0.29) is 5.78 Å². The third-order valence-corrected chi connectivity index (χ3v) is 2.46. The quantitative estimate of drug-likeness (QED) is 0.731. The first-order valence-corrected chi connectivity index (χ1v) is 5.25. The van der Waals surface area contributed by atoms with Crippen molar-refractivity contribution in [2.24, 2.45) is 0 Å². The second kappa shape index (κ2) is 4.71. The van der Waals surface area contributed by atoms with E-state index < -0.39 is 0 Å². The van der Waals surface area contributed by atoms with E-state index in [0.717, 1.165) is 12.1 Å². The molecule has 1 aromatic carbocycles. The van der Waals surface area contributed by atoms with Gasteiger partial charge in [-0.15, -0.1) is 0 Å². The van der Waals surface area contributed by atoms with Gasteiger partial charge in [0.05, 0.1) is 0 Å². The van der Waals surface area contributed by atoms with Crippen LogP contribution in [0.5, 0.6) is 0 Å². The number of aromatic nitrogens is 1. The van der Waals surface area contributed by atoms with Gasteiger partial charge in [-0.1, -0.05) is 30.3 Å². The lowest BCUT2D eigenvalue weighted by Gasteiger charge is -2.01. The van der Waals surface area contributed by atoms with Crippen molar-refractivity contribution in [3.63, 3.8) is 0 Å². The Kier molecular flexibility index (Phi) is 3.10. The molecule has 1 heterocycles. The van der Waals surface area contributed by atoms with Crippen LogP contribution in [0.4, 0.5) is 0 Å². The van der Waals surface area contributed by atoms with Gasteiger partial charge in [-0.3, -0.25) is 9.78 Å². The summed E-state index contributed by atoms with van der Waals surface area (Å²) in [5.41, 5.74) is 2.87. The summed E-state index contributed by atoms with van der Waals surface area (Å²) in [5.74, 6) is 0.0544. The lowest BCUT2D eigenvalue weighted by molar-refractivity contribution is 0.101. The van der Waals surface area contributed by atoms with Crippen LogP contribution in [0.3, 0.4) is 0 Å². The summed E-state index contributed by atoms with van der Waals surface area (Å²) in [7, 11) is 0. The Hall–Kier alpha value is -1.96. The van der Waals surface area contributed by atoms with E-state index in [9.17, 15) is 4.79 Å². The number of ketones is 1. The molecule has 0 atom stereocenters. The molecular weight excluding hydrogens is 198 g/mol. The highest BCUT2D eigenvalue weighted by Gasteiger charge is 2.00. The smallest absolute Gasteiger partial charge is 0.161 e. The Morgan fingerprint density at radius 2 is 1.88 bits per heavy atom. The fourth-order valence-corrected chi connectivity index (χ4v) is 1.54. The van der Waals surface area contributed by atoms with Crippen LogP contribution in [-0.4, -0.2) is 10.8 Å². The van der Waals surface area contributed by atoms with Crippen LogP contribution in [0.1, 0.15) is 28.5 Å². The molecule has 1 aromatic heterocycles. The molecule has 0 amide bonds. The number of carbonyl (C=O) groups is 1. The number of rotatable bonds is 3. The van der Waals surface area contributed by atoms with Crippen molar-refractivity contribution in [3.05, 3.63) is 65.5 Å². The highest BCUT2D eigenvalue weighted by atomic mass is 16.1. The number of pyridine rings is 1. The van der Waals surface area contributed by atoms with Crippen molar-refractivity contribution in [2.75, 3.05) is 0 Å². The van der Waals surface area contributed by atoms with Crippen LogP contribution in [0.15, 0.2) is 48.7 Å². The Balaban J connectivity index is 2.14. The Morgan fingerprint density at radius 3 is 2.44 bits per heavy atom. The maximum atomic E-state index is 11.1. The lowest BCUT2D eigenvalue weighted by Crippen LogP contribution is -1.96. The first-order chi connectivity index (χ1) is 7.75. The van der Waals surface area contributed by atoms with Crippen LogP contribution in [0.2, 0.25) is 0 Å². The van der Waals surface area contributed by atoms with Gasteiger partial charge in [0, 0.05) is 23.9 Å². The number of Topliss-reactive ketones (excluding diaryl/α,β-unsaturated/α-hetero) is 1. The van der Waals surface area contributed by atoms with Crippen molar-refractivity contribution in [3.8, 4) is 0 Å². The minimum atomic E-state index is 0.0544. The summed E-state index contributed by atoms with van der Waals surface area (Å²) in [6.07, 6.45) is 2.44. The largest absolute Gasteiger partial charge is 0.294 e. The van der Waals surface area contributed by atoms with Crippen molar-refractivity contribution in [1.82, 2.24) is 4.98 Å². The van der Waals surface area contributed by atoms with E-state index in [4.69, 9.17) is 0 Å². The topological polar surface area (TPSA) is 30.0 Å². The molecular formula is C14H13NO. The third kappa shape index (κ3) is 2.54. The molecule has 2 nitrogen and oxygen atoms in total. The Bertz CT molecular complexity index is 474. The van der Waals surface area contributed by atoms with Gasteiger partial charge in [0.25, 0.3) is 0 Å². The van der Waals surface area contributed by atoms with E-state index >= 15 is 0 Å². The zero-order valence-corrected chi connectivity index (χ0v) is 9.18. The lowest BCUT2D eigenvalue weighted by atomic mass is 10.1. The zero-order chi connectivity index (χ0) is 11.4. The maximum Gasteiger partial charge on any atom is 0.161 e. The summed E-state index contributed by atoms with van der Waals surface area (Å²) in [6, 6.07) is 13.9. The molecule has 0 aliphatic carbocycles. The SMILES string of the molecule is CC(=O)c1ccc(Cc2ccccc2)nc1. The van der Waals surface area contributed by atoms with E-state index in [1.165, 1.54) is 5.56 Å². The first-order valence-electron chi connectivity index (χ1n) is 5.25. The summed E-state index contributed by atoms with van der Waals surface area (Å²) in [4.78, 5) is 15.3. The summed E-state index contributed by atoms with van der Waals surface area (Å²) < 4.78 is 0. The molecule has 0 saturated carbocycles. The maximum absolute atomic E-state index is 11.1. The van der Waals surface area contributed by atoms with Crippen LogP contribution in [-0.2, 0) is 6.42 Å². The van der Waals surface area contributed by atoms with E-state index in [1.54, 1.807) is 13.1 Å². The van der Waals surface area contributed by atoms with E-state index in [1.807, 2.05) is 30.3 Å². The van der Waals surface area contributed by atoms with Crippen LogP contribution in [0.25, 0.3) is 0 Å². The molecule has 80 valence electrons. The molecule has 0 spiro atoms. The Morgan fingerprint density at radius 1 is 1.12 bits per heavy atom. The van der Waals surface area contributed by atoms with E-state index in [0.29, 0.717) is 5.56 Å².